The number of nitrogens with two attached hydrogens (primary N) is 1. The van der Waals surface area contributed by atoms with Crippen LogP contribution in [0.4, 0.5) is 13.2 Å². The summed E-state index contributed by atoms with van der Waals surface area (Å²) in [5, 5.41) is 3.43. The predicted octanol–water partition coefficient (Wildman–Crippen LogP) is 6.30. The Hall–Kier alpha value is -3.85. The Labute approximate surface area is 256 Å². The number of primary amides is 1. The zero-order valence-corrected chi connectivity index (χ0v) is 25.4. The number of rotatable bonds is 8. The van der Waals surface area contributed by atoms with Crippen LogP contribution in [-0.4, -0.2) is 48.0 Å². The molecule has 44 heavy (non-hydrogen) atoms. The molecule has 0 aliphatic carbocycles. The third kappa shape index (κ3) is 5.47. The fourth-order valence-corrected chi connectivity index (χ4v) is 7.76. The fourth-order valence-electron chi connectivity index (χ4n) is 7.76. The smallest absolute Gasteiger partial charge is 0.416 e. The molecule has 3 aromatic carbocycles. The maximum absolute atomic E-state index is 14.6. The third-order valence-electron chi connectivity index (χ3n) is 9.56. The number of amides is 2. The number of hydrogen-bond donors (Lipinski definition) is 2. The van der Waals surface area contributed by atoms with Crippen molar-refractivity contribution in [2.75, 3.05) is 19.6 Å². The molecule has 6 nitrogen and oxygen atoms in total. The van der Waals surface area contributed by atoms with Gasteiger partial charge < -0.3 is 20.7 Å². The second-order valence-electron chi connectivity index (χ2n) is 12.2. The van der Waals surface area contributed by atoms with Gasteiger partial charge in [-0.2, -0.15) is 13.2 Å². The first-order valence-electron chi connectivity index (χ1n) is 15.3. The highest BCUT2D eigenvalue weighted by atomic mass is 19.4. The Balaban J connectivity index is 1.76. The first-order chi connectivity index (χ1) is 20.9. The number of nitrogens with one attached hydrogen (secondary N) is 1. The quantitative estimate of drug-likeness (QED) is 0.315. The summed E-state index contributed by atoms with van der Waals surface area (Å²) in [6.07, 6.45) is -3.20. The average molecular weight is 608 g/mol. The van der Waals surface area contributed by atoms with Gasteiger partial charge in [0.2, 0.25) is 5.91 Å². The molecule has 2 heterocycles. The molecule has 2 saturated heterocycles. The summed E-state index contributed by atoms with van der Waals surface area (Å²) in [5.41, 5.74) is 5.05. The van der Waals surface area contributed by atoms with Crippen molar-refractivity contribution >= 4 is 11.8 Å². The lowest BCUT2D eigenvalue weighted by molar-refractivity contribution is -0.137. The van der Waals surface area contributed by atoms with Gasteiger partial charge in [0.15, 0.2) is 0 Å². The van der Waals surface area contributed by atoms with E-state index in [0.717, 1.165) is 25.1 Å². The van der Waals surface area contributed by atoms with Gasteiger partial charge in [0, 0.05) is 24.6 Å². The van der Waals surface area contributed by atoms with Crippen molar-refractivity contribution in [1.29, 1.82) is 0 Å². The van der Waals surface area contributed by atoms with Crippen molar-refractivity contribution in [3.05, 3.63) is 101 Å². The van der Waals surface area contributed by atoms with Gasteiger partial charge in [0.25, 0.3) is 5.91 Å². The molecular weight excluding hydrogens is 567 g/mol. The van der Waals surface area contributed by atoms with Crippen LogP contribution >= 0.6 is 0 Å². The zero-order chi connectivity index (χ0) is 31.7. The van der Waals surface area contributed by atoms with E-state index in [2.05, 4.69) is 5.32 Å². The predicted molar refractivity (Wildman–Crippen MR) is 163 cm³/mol. The van der Waals surface area contributed by atoms with E-state index < -0.39 is 34.5 Å². The molecule has 2 aliphatic rings. The lowest BCUT2D eigenvalue weighted by atomic mass is 9.51. The summed E-state index contributed by atoms with van der Waals surface area (Å²) in [6, 6.07) is 21.4. The molecule has 0 aromatic heterocycles. The maximum Gasteiger partial charge on any atom is 0.416 e. The number of halogens is 3. The Bertz CT molecular complexity index is 1470. The molecule has 0 radical (unpaired) electrons. The molecule has 0 spiro atoms. The first-order valence-corrected chi connectivity index (χ1v) is 15.3. The monoisotopic (exact) mass is 607 g/mol. The van der Waals surface area contributed by atoms with E-state index in [-0.39, 0.29) is 30.9 Å². The number of hydrogen-bond acceptors (Lipinski definition) is 4. The van der Waals surface area contributed by atoms with Crippen LogP contribution in [0.2, 0.25) is 0 Å². The van der Waals surface area contributed by atoms with Crippen LogP contribution in [0.15, 0.2) is 78.9 Å². The van der Waals surface area contributed by atoms with E-state index in [4.69, 9.17) is 10.5 Å². The molecule has 3 aromatic rings. The van der Waals surface area contributed by atoms with Gasteiger partial charge >= 0.3 is 6.18 Å². The third-order valence-corrected chi connectivity index (χ3v) is 9.56. The maximum atomic E-state index is 14.6. The van der Waals surface area contributed by atoms with Gasteiger partial charge in [0.05, 0.1) is 22.6 Å². The normalized spacial score (nSPS) is 25.7. The van der Waals surface area contributed by atoms with Crippen molar-refractivity contribution in [3.8, 4) is 5.75 Å². The Morgan fingerprint density at radius 3 is 2.32 bits per heavy atom. The van der Waals surface area contributed by atoms with Gasteiger partial charge in [-0.15, -0.1) is 0 Å². The van der Waals surface area contributed by atoms with Crippen molar-refractivity contribution in [3.63, 3.8) is 0 Å². The number of benzene rings is 3. The first kappa shape index (κ1) is 31.6. The summed E-state index contributed by atoms with van der Waals surface area (Å²) >= 11 is 0. The highest BCUT2D eigenvalue weighted by Crippen LogP contribution is 2.58. The highest BCUT2D eigenvalue weighted by Gasteiger charge is 2.64. The van der Waals surface area contributed by atoms with Crippen molar-refractivity contribution in [1.82, 2.24) is 10.2 Å². The minimum absolute atomic E-state index is 0.0826. The molecular formula is C35H40F3N3O3. The van der Waals surface area contributed by atoms with E-state index >= 15 is 0 Å². The summed E-state index contributed by atoms with van der Waals surface area (Å²) in [6.45, 7) is 7.38. The standard InChI is InChI=1S/C35H40F3N3O3/c1-4-34(28-17-19-40-22-28)30(24-13-15-27(16-14-24)35(36,37)38)33(32(39)43,26-10-6-5-7-11-26)18-20-41(34)31(42)25-9-8-12-29(21-25)44-23(2)3/h5-16,21,23,28,30,40H,4,17-20,22H2,1-3H3,(H2,39,43). The Morgan fingerprint density at radius 1 is 1.05 bits per heavy atom. The van der Waals surface area contributed by atoms with Crippen molar-refractivity contribution in [2.24, 2.45) is 11.7 Å². The Morgan fingerprint density at radius 2 is 1.75 bits per heavy atom. The second kappa shape index (κ2) is 12.3. The SMILES string of the molecule is CCC1(C2CCNC2)C(c2ccc(C(F)(F)F)cc2)C(C(N)=O)(c2ccccc2)CCN1C(=O)c1cccc(OC(C)C)c1. The minimum atomic E-state index is -4.52. The number of carbonyl (C=O) groups is 2. The molecule has 2 fully saturated rings. The van der Waals surface area contributed by atoms with Crippen LogP contribution in [-0.2, 0) is 16.4 Å². The molecule has 234 valence electrons. The summed E-state index contributed by atoms with van der Waals surface area (Å²) in [4.78, 5) is 30.4. The van der Waals surface area contributed by atoms with Gasteiger partial charge in [-0.05, 0) is 87.0 Å². The molecule has 4 unspecified atom stereocenters. The summed E-state index contributed by atoms with van der Waals surface area (Å²) in [5.74, 6) is -1.02. The molecule has 5 rings (SSSR count). The van der Waals surface area contributed by atoms with Gasteiger partial charge in [-0.3, -0.25) is 9.59 Å². The number of nitrogens with zero attached hydrogens (tertiary/aromatic N) is 1. The number of likely N-dealkylation sites (tertiary alicyclic amines) is 1. The van der Waals surface area contributed by atoms with E-state index in [1.807, 2.05) is 56.0 Å². The molecule has 3 N–H and O–H groups in total. The average Bonchev–Trinajstić information content (AvgIpc) is 3.55. The number of alkyl halides is 3. The number of ether oxygens (including phenoxy) is 1. The number of carbonyl (C=O) groups excluding carboxylic acids is 2. The van der Waals surface area contributed by atoms with Crippen LogP contribution in [0.5, 0.6) is 5.75 Å². The lowest BCUT2D eigenvalue weighted by Crippen LogP contribution is -2.70. The second-order valence-corrected chi connectivity index (χ2v) is 12.2. The van der Waals surface area contributed by atoms with Crippen LogP contribution in [0, 0.1) is 5.92 Å². The number of piperidine rings is 1. The van der Waals surface area contributed by atoms with E-state index in [9.17, 15) is 22.8 Å². The van der Waals surface area contributed by atoms with Crippen molar-refractivity contribution < 1.29 is 27.5 Å². The Kier molecular flexibility index (Phi) is 8.80. The molecule has 9 heteroatoms. The van der Waals surface area contributed by atoms with E-state index in [0.29, 0.717) is 35.4 Å². The molecule has 0 saturated carbocycles. The summed E-state index contributed by atoms with van der Waals surface area (Å²) < 4.78 is 47.0. The molecule has 2 aliphatic heterocycles. The fraction of sp³-hybridized carbons (Fsp3) is 0.429. The van der Waals surface area contributed by atoms with Crippen LogP contribution in [0.1, 0.15) is 73.0 Å². The topological polar surface area (TPSA) is 84.7 Å². The van der Waals surface area contributed by atoms with Gasteiger partial charge in [-0.1, -0.05) is 55.5 Å². The molecule has 4 atom stereocenters. The van der Waals surface area contributed by atoms with E-state index in [1.165, 1.54) is 12.1 Å². The van der Waals surface area contributed by atoms with Crippen LogP contribution in [0.3, 0.4) is 0 Å². The van der Waals surface area contributed by atoms with Crippen LogP contribution in [0.25, 0.3) is 0 Å². The molecule has 0 bridgehead atoms. The molecule has 2 amide bonds. The van der Waals surface area contributed by atoms with Gasteiger partial charge in [-0.25, -0.2) is 0 Å². The minimum Gasteiger partial charge on any atom is -0.491 e. The summed E-state index contributed by atoms with van der Waals surface area (Å²) in [7, 11) is 0. The van der Waals surface area contributed by atoms with Gasteiger partial charge in [0.1, 0.15) is 5.75 Å². The van der Waals surface area contributed by atoms with E-state index in [1.54, 1.807) is 24.3 Å². The largest absolute Gasteiger partial charge is 0.491 e. The van der Waals surface area contributed by atoms with Crippen molar-refractivity contribution in [2.45, 2.75) is 69.2 Å². The zero-order valence-electron chi connectivity index (χ0n) is 25.4. The lowest BCUT2D eigenvalue weighted by Gasteiger charge is -2.61. The highest BCUT2D eigenvalue weighted by molar-refractivity contribution is 5.96. The van der Waals surface area contributed by atoms with Crippen LogP contribution < -0.4 is 15.8 Å².